The summed E-state index contributed by atoms with van der Waals surface area (Å²) in [5.41, 5.74) is -0.796. The third kappa shape index (κ3) is 2.71. The van der Waals surface area contributed by atoms with Crippen molar-refractivity contribution >= 4 is 5.97 Å². The van der Waals surface area contributed by atoms with Crippen molar-refractivity contribution < 1.29 is 22.7 Å². The molecule has 0 heterocycles. The molecule has 1 aromatic rings. The van der Waals surface area contributed by atoms with Crippen LogP contribution in [0.4, 0.5) is 13.2 Å². The van der Waals surface area contributed by atoms with Crippen LogP contribution in [-0.2, 0) is 15.5 Å². The van der Waals surface area contributed by atoms with Crippen LogP contribution in [0.25, 0.3) is 0 Å². The highest BCUT2D eigenvalue weighted by Gasteiger charge is 2.37. The number of hydrogen-bond donors (Lipinski definition) is 0. The predicted molar refractivity (Wildman–Crippen MR) is 46.9 cm³/mol. The van der Waals surface area contributed by atoms with Crippen LogP contribution in [0.2, 0.25) is 0 Å². The summed E-state index contributed by atoms with van der Waals surface area (Å²) in [6, 6.07) is 4.44. The van der Waals surface area contributed by atoms with Gasteiger partial charge in [-0.1, -0.05) is 18.2 Å². The molecule has 1 rings (SSSR count). The lowest BCUT2D eigenvalue weighted by atomic mass is 10.1. The first-order chi connectivity index (χ1) is 6.97. The number of ether oxygens (including phenoxy) is 1. The van der Waals surface area contributed by atoms with Gasteiger partial charge in [0.2, 0.25) is 0 Å². The first kappa shape index (κ1) is 11.6. The fourth-order valence-corrected chi connectivity index (χ4v) is 1.11. The molecule has 0 saturated carbocycles. The second-order valence-electron chi connectivity index (χ2n) is 2.94. The molecule has 1 aromatic carbocycles. The van der Waals surface area contributed by atoms with Crippen molar-refractivity contribution in [1.29, 1.82) is 0 Å². The molecule has 0 aliphatic heterocycles. The Hall–Kier alpha value is -1.52. The van der Waals surface area contributed by atoms with Crippen LogP contribution in [0, 0.1) is 5.82 Å². The molecule has 0 amide bonds. The maximum atomic E-state index is 13.3. The molecule has 0 aliphatic carbocycles. The molecule has 15 heavy (non-hydrogen) atoms. The summed E-state index contributed by atoms with van der Waals surface area (Å²) < 4.78 is 43.7. The highest BCUT2D eigenvalue weighted by molar-refractivity contribution is 5.70. The van der Waals surface area contributed by atoms with E-state index < -0.39 is 29.7 Å². The van der Waals surface area contributed by atoms with Crippen molar-refractivity contribution in [3.05, 3.63) is 35.6 Å². The molecule has 0 saturated heterocycles. The summed E-state index contributed by atoms with van der Waals surface area (Å²) in [6.45, 7) is 0. The van der Waals surface area contributed by atoms with Gasteiger partial charge in [-0.15, -0.1) is 0 Å². The smallest absolute Gasteiger partial charge is 0.312 e. The first-order valence-electron chi connectivity index (χ1n) is 4.17. The number of carbonyl (C=O) groups excluding carboxylic acids is 1. The van der Waals surface area contributed by atoms with Crippen molar-refractivity contribution in [3.63, 3.8) is 0 Å². The zero-order valence-electron chi connectivity index (χ0n) is 7.97. The van der Waals surface area contributed by atoms with Crippen LogP contribution in [0.3, 0.4) is 0 Å². The Morgan fingerprint density at radius 3 is 2.53 bits per heavy atom. The molecule has 0 spiro atoms. The fraction of sp³-hybridized carbons (Fsp3) is 0.300. The van der Waals surface area contributed by atoms with E-state index in [4.69, 9.17) is 0 Å². The van der Waals surface area contributed by atoms with E-state index in [1.54, 1.807) is 0 Å². The minimum absolute atomic E-state index is 0.796. The van der Waals surface area contributed by atoms with E-state index in [1.165, 1.54) is 12.1 Å². The zero-order valence-corrected chi connectivity index (χ0v) is 7.97. The van der Waals surface area contributed by atoms with Gasteiger partial charge in [-0.05, 0) is 6.07 Å². The number of hydrogen-bond acceptors (Lipinski definition) is 2. The third-order valence-electron chi connectivity index (χ3n) is 1.86. The van der Waals surface area contributed by atoms with Crippen LogP contribution in [0.1, 0.15) is 12.0 Å². The number of alkyl halides is 2. The molecule has 5 heteroatoms. The lowest BCUT2D eigenvalue weighted by Gasteiger charge is -2.15. The van der Waals surface area contributed by atoms with Gasteiger partial charge in [0, 0.05) is 0 Å². The Morgan fingerprint density at radius 2 is 2.00 bits per heavy atom. The van der Waals surface area contributed by atoms with E-state index in [9.17, 15) is 18.0 Å². The van der Waals surface area contributed by atoms with E-state index >= 15 is 0 Å². The van der Waals surface area contributed by atoms with E-state index in [0.717, 1.165) is 19.2 Å². The molecule has 0 N–H and O–H groups in total. The highest BCUT2D eigenvalue weighted by Crippen LogP contribution is 2.33. The standard InChI is InChI=1S/C10H9F3O2/c1-15-9(14)6-10(12,13)7-4-2-3-5-8(7)11/h2-5H,6H2,1H3. The van der Waals surface area contributed by atoms with Crippen LogP contribution >= 0.6 is 0 Å². The molecule has 0 radical (unpaired) electrons. The molecule has 0 fully saturated rings. The lowest BCUT2D eigenvalue weighted by Crippen LogP contribution is -2.21. The fourth-order valence-electron chi connectivity index (χ4n) is 1.11. The molecular formula is C10H9F3O2. The first-order valence-corrected chi connectivity index (χ1v) is 4.17. The predicted octanol–water partition coefficient (Wildman–Crippen LogP) is 2.48. The minimum atomic E-state index is -3.54. The monoisotopic (exact) mass is 218 g/mol. The van der Waals surface area contributed by atoms with Gasteiger partial charge in [0.05, 0.1) is 12.7 Å². The Balaban J connectivity index is 2.95. The van der Waals surface area contributed by atoms with Crippen molar-refractivity contribution in [3.8, 4) is 0 Å². The zero-order chi connectivity index (χ0) is 11.5. The van der Waals surface area contributed by atoms with Crippen LogP contribution < -0.4 is 0 Å². The maximum Gasteiger partial charge on any atom is 0.312 e. The molecule has 0 aliphatic rings. The van der Waals surface area contributed by atoms with E-state index in [0.29, 0.717) is 0 Å². The molecule has 0 bridgehead atoms. The van der Waals surface area contributed by atoms with Gasteiger partial charge in [-0.25, -0.2) is 13.2 Å². The summed E-state index contributed by atoms with van der Waals surface area (Å²) in [4.78, 5) is 10.7. The highest BCUT2D eigenvalue weighted by atomic mass is 19.3. The Morgan fingerprint density at radius 1 is 1.40 bits per heavy atom. The minimum Gasteiger partial charge on any atom is -0.469 e. The summed E-state index contributed by atoms with van der Waals surface area (Å²) >= 11 is 0. The van der Waals surface area contributed by atoms with Crippen LogP contribution in [0.5, 0.6) is 0 Å². The van der Waals surface area contributed by atoms with Gasteiger partial charge in [0.1, 0.15) is 12.2 Å². The second kappa shape index (κ2) is 4.33. The number of halogens is 3. The van der Waals surface area contributed by atoms with E-state index in [2.05, 4.69) is 4.74 Å². The normalized spacial score (nSPS) is 11.2. The van der Waals surface area contributed by atoms with Crippen LogP contribution in [0.15, 0.2) is 24.3 Å². The Bertz CT molecular complexity index is 363. The van der Waals surface area contributed by atoms with Crippen LogP contribution in [-0.4, -0.2) is 13.1 Å². The number of esters is 1. The summed E-state index contributed by atoms with van der Waals surface area (Å²) in [5.74, 6) is -5.66. The van der Waals surface area contributed by atoms with Gasteiger partial charge < -0.3 is 4.74 Å². The molecule has 2 nitrogen and oxygen atoms in total. The summed E-state index contributed by atoms with van der Waals surface area (Å²) in [7, 11) is 1.000. The van der Waals surface area contributed by atoms with Crippen molar-refractivity contribution in [2.45, 2.75) is 12.3 Å². The molecule has 0 unspecified atom stereocenters. The number of rotatable bonds is 3. The van der Waals surface area contributed by atoms with Gasteiger partial charge in [0.15, 0.2) is 0 Å². The van der Waals surface area contributed by atoms with Gasteiger partial charge in [0.25, 0.3) is 5.92 Å². The van der Waals surface area contributed by atoms with Gasteiger partial charge in [-0.2, -0.15) is 0 Å². The Kier molecular flexibility index (Phi) is 3.34. The van der Waals surface area contributed by atoms with E-state index in [-0.39, 0.29) is 0 Å². The van der Waals surface area contributed by atoms with Crippen molar-refractivity contribution in [1.82, 2.24) is 0 Å². The number of methoxy groups -OCH3 is 1. The molecular weight excluding hydrogens is 209 g/mol. The van der Waals surface area contributed by atoms with Crippen molar-refractivity contribution in [2.24, 2.45) is 0 Å². The quantitative estimate of drug-likeness (QED) is 0.728. The molecule has 0 atom stereocenters. The largest absolute Gasteiger partial charge is 0.469 e. The third-order valence-corrected chi connectivity index (χ3v) is 1.86. The SMILES string of the molecule is COC(=O)CC(F)(F)c1ccccc1F. The van der Waals surface area contributed by atoms with Crippen molar-refractivity contribution in [2.75, 3.05) is 7.11 Å². The second-order valence-corrected chi connectivity index (χ2v) is 2.94. The van der Waals surface area contributed by atoms with Gasteiger partial charge >= 0.3 is 5.97 Å². The summed E-state index contributed by atoms with van der Waals surface area (Å²) in [5, 5.41) is 0. The molecule has 0 aromatic heterocycles. The van der Waals surface area contributed by atoms with Gasteiger partial charge in [-0.3, -0.25) is 4.79 Å². The topological polar surface area (TPSA) is 26.3 Å². The number of carbonyl (C=O) groups is 1. The molecule has 82 valence electrons. The lowest BCUT2D eigenvalue weighted by molar-refractivity contribution is -0.149. The Labute approximate surface area is 84.7 Å². The average molecular weight is 218 g/mol. The summed E-state index contributed by atoms with van der Waals surface area (Å²) in [6.07, 6.45) is -1.16. The average Bonchev–Trinajstić information content (AvgIpc) is 2.17. The van der Waals surface area contributed by atoms with E-state index in [1.807, 2.05) is 0 Å². The number of benzene rings is 1. The maximum absolute atomic E-state index is 13.3.